The van der Waals surface area contributed by atoms with E-state index in [0.717, 1.165) is 12.8 Å². The number of nitrogens with two attached hydrogens (primary N) is 1. The van der Waals surface area contributed by atoms with Gasteiger partial charge in [0.1, 0.15) is 0 Å². The molecule has 1 aliphatic carbocycles. The van der Waals surface area contributed by atoms with Crippen molar-refractivity contribution < 1.29 is 0 Å². The van der Waals surface area contributed by atoms with Gasteiger partial charge in [-0.2, -0.15) is 0 Å². The Labute approximate surface area is 66.4 Å². The van der Waals surface area contributed by atoms with Gasteiger partial charge in [0, 0.05) is 18.4 Å². The maximum absolute atomic E-state index is 5.88. The van der Waals surface area contributed by atoms with E-state index in [9.17, 15) is 0 Å². The lowest BCUT2D eigenvalue weighted by atomic mass is 10.1. The number of fused-ring (bicyclic) bond motifs is 1. The number of aromatic nitrogens is 1. The highest BCUT2D eigenvalue weighted by Crippen LogP contribution is 2.29. The molecule has 0 radical (unpaired) electrons. The average molecular weight is 148 g/mol. The molecule has 1 aliphatic rings. The summed E-state index contributed by atoms with van der Waals surface area (Å²) in [6.45, 7) is 2.10. The van der Waals surface area contributed by atoms with Crippen molar-refractivity contribution in [2.45, 2.75) is 25.8 Å². The monoisotopic (exact) mass is 148 g/mol. The van der Waals surface area contributed by atoms with Crippen LogP contribution >= 0.6 is 0 Å². The second kappa shape index (κ2) is 2.31. The van der Waals surface area contributed by atoms with Crippen molar-refractivity contribution in [1.82, 2.24) is 4.98 Å². The molecule has 0 saturated heterocycles. The molecule has 0 spiro atoms. The number of pyridine rings is 1. The Morgan fingerprint density at radius 1 is 1.55 bits per heavy atom. The molecule has 2 N–H and O–H groups in total. The van der Waals surface area contributed by atoms with E-state index in [4.69, 9.17) is 5.73 Å². The van der Waals surface area contributed by atoms with Gasteiger partial charge in [-0.1, -0.05) is 0 Å². The quantitative estimate of drug-likeness (QED) is 0.603. The van der Waals surface area contributed by atoms with Crippen LogP contribution in [0.5, 0.6) is 0 Å². The van der Waals surface area contributed by atoms with E-state index >= 15 is 0 Å². The van der Waals surface area contributed by atoms with Crippen molar-refractivity contribution in [2.75, 3.05) is 0 Å². The number of nitrogens with zero attached hydrogens (tertiary/aromatic N) is 1. The van der Waals surface area contributed by atoms with Crippen molar-refractivity contribution in [3.63, 3.8) is 0 Å². The van der Waals surface area contributed by atoms with Crippen LogP contribution in [0.15, 0.2) is 12.4 Å². The fourth-order valence-corrected chi connectivity index (χ4v) is 1.73. The van der Waals surface area contributed by atoms with E-state index in [0.29, 0.717) is 0 Å². The van der Waals surface area contributed by atoms with Crippen LogP contribution < -0.4 is 5.73 Å². The van der Waals surface area contributed by atoms with Gasteiger partial charge in [-0.3, -0.25) is 4.98 Å². The lowest BCUT2D eigenvalue weighted by molar-refractivity contribution is 0.712. The van der Waals surface area contributed by atoms with Gasteiger partial charge < -0.3 is 5.73 Å². The number of rotatable bonds is 0. The van der Waals surface area contributed by atoms with Gasteiger partial charge in [0.15, 0.2) is 0 Å². The third kappa shape index (κ3) is 0.942. The molecule has 0 unspecified atom stereocenters. The lowest BCUT2D eigenvalue weighted by Gasteiger charge is -2.04. The zero-order chi connectivity index (χ0) is 7.84. The molecule has 0 saturated carbocycles. The smallest absolute Gasteiger partial charge is 0.0318 e. The van der Waals surface area contributed by atoms with Gasteiger partial charge in [0.25, 0.3) is 0 Å². The summed E-state index contributed by atoms with van der Waals surface area (Å²) in [5, 5.41) is 0. The fourth-order valence-electron chi connectivity index (χ4n) is 1.73. The molecule has 1 heterocycles. The summed E-state index contributed by atoms with van der Waals surface area (Å²) in [6, 6.07) is 0.234. The van der Waals surface area contributed by atoms with Crippen LogP contribution in [-0.2, 0) is 6.42 Å². The molecular formula is C9H12N2. The molecule has 1 atom stereocenters. The van der Waals surface area contributed by atoms with Crippen LogP contribution in [-0.4, -0.2) is 4.98 Å². The summed E-state index contributed by atoms with van der Waals surface area (Å²) >= 11 is 0. The molecular weight excluding hydrogens is 136 g/mol. The third-order valence-electron chi connectivity index (χ3n) is 2.41. The topological polar surface area (TPSA) is 38.9 Å². The van der Waals surface area contributed by atoms with E-state index in [1.165, 1.54) is 16.7 Å². The van der Waals surface area contributed by atoms with E-state index in [2.05, 4.69) is 11.9 Å². The molecule has 0 aliphatic heterocycles. The molecule has 0 amide bonds. The molecule has 58 valence electrons. The maximum atomic E-state index is 5.88. The van der Waals surface area contributed by atoms with Crippen molar-refractivity contribution >= 4 is 0 Å². The van der Waals surface area contributed by atoms with E-state index < -0.39 is 0 Å². The van der Waals surface area contributed by atoms with Crippen LogP contribution in [0.1, 0.15) is 29.2 Å². The van der Waals surface area contributed by atoms with Crippen molar-refractivity contribution in [2.24, 2.45) is 5.73 Å². The van der Waals surface area contributed by atoms with Crippen molar-refractivity contribution in [1.29, 1.82) is 0 Å². The Bertz CT molecular complexity index is 281. The highest BCUT2D eigenvalue weighted by molar-refractivity contribution is 5.36. The summed E-state index contributed by atoms with van der Waals surface area (Å²) in [6.07, 6.45) is 6.03. The van der Waals surface area contributed by atoms with Gasteiger partial charge in [-0.25, -0.2) is 0 Å². The molecule has 1 aromatic rings. The third-order valence-corrected chi connectivity index (χ3v) is 2.41. The molecule has 2 heteroatoms. The van der Waals surface area contributed by atoms with E-state index in [-0.39, 0.29) is 6.04 Å². The zero-order valence-corrected chi connectivity index (χ0v) is 6.67. The van der Waals surface area contributed by atoms with Crippen LogP contribution in [0.2, 0.25) is 0 Å². The minimum atomic E-state index is 0.234. The largest absolute Gasteiger partial charge is 0.324 e. The second-order valence-corrected chi connectivity index (χ2v) is 3.17. The van der Waals surface area contributed by atoms with Gasteiger partial charge in [0.2, 0.25) is 0 Å². The number of hydrogen-bond acceptors (Lipinski definition) is 2. The van der Waals surface area contributed by atoms with Gasteiger partial charge in [-0.05, 0) is 36.5 Å². The molecule has 1 aromatic heterocycles. The number of hydrogen-bond donors (Lipinski definition) is 1. The molecule has 2 nitrogen and oxygen atoms in total. The summed E-state index contributed by atoms with van der Waals surface area (Å²) in [5.41, 5.74) is 9.84. The Balaban J connectivity index is 2.57. The zero-order valence-electron chi connectivity index (χ0n) is 6.67. The molecule has 2 rings (SSSR count). The van der Waals surface area contributed by atoms with E-state index in [1.807, 2.05) is 12.4 Å². The summed E-state index contributed by atoms with van der Waals surface area (Å²) in [5.74, 6) is 0. The molecule has 0 fully saturated rings. The standard InChI is InChI=1S/C9H12N2/c1-6-4-11-5-8-7(6)2-3-9(8)10/h4-5,9H,2-3,10H2,1H3/t9-/m1/s1. The highest BCUT2D eigenvalue weighted by Gasteiger charge is 2.19. The van der Waals surface area contributed by atoms with Crippen LogP contribution in [0.25, 0.3) is 0 Å². The Hall–Kier alpha value is -0.890. The summed E-state index contributed by atoms with van der Waals surface area (Å²) in [4.78, 5) is 4.13. The normalized spacial score (nSPS) is 21.8. The van der Waals surface area contributed by atoms with Crippen LogP contribution in [0, 0.1) is 6.92 Å². The predicted molar refractivity (Wildman–Crippen MR) is 44.2 cm³/mol. The first-order valence-electron chi connectivity index (χ1n) is 3.98. The molecule has 11 heavy (non-hydrogen) atoms. The maximum Gasteiger partial charge on any atom is 0.0318 e. The van der Waals surface area contributed by atoms with Gasteiger partial charge in [0.05, 0.1) is 0 Å². The molecule has 0 aromatic carbocycles. The minimum Gasteiger partial charge on any atom is -0.324 e. The van der Waals surface area contributed by atoms with Crippen LogP contribution in [0.3, 0.4) is 0 Å². The van der Waals surface area contributed by atoms with E-state index in [1.54, 1.807) is 0 Å². The Morgan fingerprint density at radius 3 is 3.09 bits per heavy atom. The molecule has 0 bridgehead atoms. The van der Waals surface area contributed by atoms with Gasteiger partial charge in [-0.15, -0.1) is 0 Å². The lowest BCUT2D eigenvalue weighted by Crippen LogP contribution is -2.05. The Morgan fingerprint density at radius 2 is 2.36 bits per heavy atom. The average Bonchev–Trinajstić information content (AvgIpc) is 2.35. The minimum absolute atomic E-state index is 0.234. The van der Waals surface area contributed by atoms with Gasteiger partial charge >= 0.3 is 0 Å². The number of aryl methyl sites for hydroxylation is 1. The first-order chi connectivity index (χ1) is 5.29. The highest BCUT2D eigenvalue weighted by atomic mass is 14.7. The Kier molecular flexibility index (Phi) is 1.43. The second-order valence-electron chi connectivity index (χ2n) is 3.17. The summed E-state index contributed by atoms with van der Waals surface area (Å²) < 4.78 is 0. The van der Waals surface area contributed by atoms with Crippen LogP contribution in [0.4, 0.5) is 0 Å². The first-order valence-corrected chi connectivity index (χ1v) is 3.98. The summed E-state index contributed by atoms with van der Waals surface area (Å²) in [7, 11) is 0. The van der Waals surface area contributed by atoms with Crippen molar-refractivity contribution in [3.8, 4) is 0 Å². The predicted octanol–water partition coefficient (Wildman–Crippen LogP) is 1.34. The first kappa shape index (κ1) is 6.80. The van der Waals surface area contributed by atoms with Crippen molar-refractivity contribution in [3.05, 3.63) is 29.1 Å². The fraction of sp³-hybridized carbons (Fsp3) is 0.444. The SMILES string of the molecule is Cc1cncc2c1CC[C@H]2N.